The largest absolute Gasteiger partial charge is 0.465 e. The Labute approximate surface area is 159 Å². The molecule has 1 heterocycles. The molecule has 0 bridgehead atoms. The maximum Gasteiger partial charge on any atom is 0.338 e. The van der Waals surface area contributed by atoms with Crippen LogP contribution in [0.2, 0.25) is 0 Å². The smallest absolute Gasteiger partial charge is 0.338 e. The van der Waals surface area contributed by atoms with Gasteiger partial charge in [-0.05, 0) is 35.4 Å². The van der Waals surface area contributed by atoms with Crippen molar-refractivity contribution in [3.05, 3.63) is 69.8 Å². The van der Waals surface area contributed by atoms with Gasteiger partial charge in [-0.25, -0.2) is 18.4 Å². The first-order valence-corrected chi connectivity index (χ1v) is 9.91. The summed E-state index contributed by atoms with van der Waals surface area (Å²) in [6.45, 7) is 0. The van der Waals surface area contributed by atoms with Crippen LogP contribution in [0, 0.1) is 0 Å². The molecule has 1 aromatic heterocycles. The number of pyridine rings is 1. The summed E-state index contributed by atoms with van der Waals surface area (Å²) in [5.41, 5.74) is 2.04. The van der Waals surface area contributed by atoms with E-state index in [-0.39, 0.29) is 16.9 Å². The van der Waals surface area contributed by atoms with E-state index in [1.165, 1.54) is 19.2 Å². The second-order valence-corrected chi connectivity index (χ2v) is 8.08. The molecule has 0 atom stereocenters. The third-order valence-corrected chi connectivity index (χ3v) is 5.43. The zero-order valence-corrected chi connectivity index (χ0v) is 16.2. The number of aromatic nitrogens is 1. The third-order valence-electron chi connectivity index (χ3n) is 3.99. The molecule has 0 saturated heterocycles. The summed E-state index contributed by atoms with van der Waals surface area (Å²) in [5.74, 6) is -0.635. The molecule has 3 rings (SSSR count). The fourth-order valence-corrected chi connectivity index (χ4v) is 4.27. The van der Waals surface area contributed by atoms with Crippen LogP contribution in [0.5, 0.6) is 0 Å². The Hall–Kier alpha value is -2.29. The second-order valence-electron chi connectivity index (χ2n) is 5.63. The van der Waals surface area contributed by atoms with Gasteiger partial charge in [-0.15, -0.1) is 0 Å². The first-order chi connectivity index (χ1) is 12.3. The van der Waals surface area contributed by atoms with E-state index in [2.05, 4.69) is 20.9 Å². The molecule has 0 spiro atoms. The molecule has 0 aliphatic carbocycles. The SMILES string of the molecule is COC(=O)c1cc(Br)cc(S(N)(=O)=O)c1Cc1ccnc2ccccc12. The average molecular weight is 435 g/mol. The third kappa shape index (κ3) is 3.62. The molecule has 8 heteroatoms. The van der Waals surface area contributed by atoms with Crippen LogP contribution in [0.15, 0.2) is 58.0 Å². The molecule has 6 nitrogen and oxygen atoms in total. The van der Waals surface area contributed by atoms with Crippen molar-refractivity contribution in [2.24, 2.45) is 5.14 Å². The Morgan fingerprint density at radius 2 is 1.96 bits per heavy atom. The van der Waals surface area contributed by atoms with E-state index in [4.69, 9.17) is 9.88 Å². The van der Waals surface area contributed by atoms with E-state index < -0.39 is 16.0 Å². The van der Waals surface area contributed by atoms with Crippen molar-refractivity contribution in [2.75, 3.05) is 7.11 Å². The maximum atomic E-state index is 12.2. The van der Waals surface area contributed by atoms with Gasteiger partial charge in [0.25, 0.3) is 0 Å². The topological polar surface area (TPSA) is 99.4 Å². The molecular formula is C18H15BrN2O4S. The van der Waals surface area contributed by atoms with E-state index in [0.29, 0.717) is 10.0 Å². The molecule has 2 aromatic carbocycles. The molecule has 26 heavy (non-hydrogen) atoms. The van der Waals surface area contributed by atoms with E-state index >= 15 is 0 Å². The number of benzene rings is 2. The highest BCUT2D eigenvalue weighted by Crippen LogP contribution is 2.29. The number of carbonyl (C=O) groups excluding carboxylic acids is 1. The fourth-order valence-electron chi connectivity index (χ4n) is 2.84. The van der Waals surface area contributed by atoms with E-state index in [1.54, 1.807) is 12.3 Å². The van der Waals surface area contributed by atoms with Gasteiger partial charge in [0.05, 0.1) is 23.1 Å². The Bertz CT molecular complexity index is 1110. The normalized spacial score (nSPS) is 11.5. The van der Waals surface area contributed by atoms with Crippen molar-refractivity contribution in [3.8, 4) is 0 Å². The van der Waals surface area contributed by atoms with Crippen LogP contribution in [-0.4, -0.2) is 26.5 Å². The van der Waals surface area contributed by atoms with Crippen LogP contribution in [0.4, 0.5) is 0 Å². The number of esters is 1. The predicted octanol–water partition coefficient (Wildman–Crippen LogP) is 3.02. The van der Waals surface area contributed by atoms with Gasteiger partial charge in [0, 0.05) is 22.5 Å². The molecule has 3 aromatic rings. The minimum Gasteiger partial charge on any atom is -0.465 e. The molecule has 0 aliphatic rings. The van der Waals surface area contributed by atoms with Gasteiger partial charge in [-0.2, -0.15) is 0 Å². The Morgan fingerprint density at radius 1 is 1.23 bits per heavy atom. The molecule has 0 aliphatic heterocycles. The summed E-state index contributed by atoms with van der Waals surface area (Å²) in [6, 6.07) is 12.2. The number of ether oxygens (including phenoxy) is 1. The number of fused-ring (bicyclic) bond motifs is 1. The van der Waals surface area contributed by atoms with Crippen LogP contribution in [0.3, 0.4) is 0 Å². The van der Waals surface area contributed by atoms with Gasteiger partial charge >= 0.3 is 5.97 Å². The molecule has 0 saturated carbocycles. The number of carbonyl (C=O) groups is 1. The van der Waals surface area contributed by atoms with Gasteiger partial charge < -0.3 is 4.74 Å². The summed E-state index contributed by atoms with van der Waals surface area (Å²) >= 11 is 3.22. The Morgan fingerprint density at radius 3 is 2.65 bits per heavy atom. The molecule has 0 fully saturated rings. The summed E-state index contributed by atoms with van der Waals surface area (Å²) in [7, 11) is -2.81. The minimum absolute atomic E-state index is 0.117. The van der Waals surface area contributed by atoms with Crippen molar-refractivity contribution >= 4 is 42.8 Å². The minimum atomic E-state index is -4.05. The summed E-state index contributed by atoms with van der Waals surface area (Å²) in [4.78, 5) is 16.4. The number of halogens is 1. The number of sulfonamides is 1. The monoisotopic (exact) mass is 434 g/mol. The quantitative estimate of drug-likeness (QED) is 0.636. The zero-order chi connectivity index (χ0) is 18.9. The highest BCUT2D eigenvalue weighted by atomic mass is 79.9. The number of nitrogens with zero attached hydrogens (tertiary/aromatic N) is 1. The number of primary sulfonamides is 1. The van der Waals surface area contributed by atoms with Crippen LogP contribution in [0.25, 0.3) is 10.9 Å². The summed E-state index contributed by atoms with van der Waals surface area (Å²) in [6.07, 6.45) is 1.83. The van der Waals surface area contributed by atoms with Crippen LogP contribution < -0.4 is 5.14 Å². The number of hydrogen-bond donors (Lipinski definition) is 1. The van der Waals surface area contributed by atoms with E-state index in [0.717, 1.165) is 16.5 Å². The first-order valence-electron chi connectivity index (χ1n) is 7.57. The molecule has 0 unspecified atom stereocenters. The predicted molar refractivity (Wildman–Crippen MR) is 101 cm³/mol. The van der Waals surface area contributed by atoms with Crippen molar-refractivity contribution in [1.82, 2.24) is 4.98 Å². The van der Waals surface area contributed by atoms with Crippen LogP contribution >= 0.6 is 15.9 Å². The second kappa shape index (κ2) is 7.14. The van der Waals surface area contributed by atoms with Gasteiger partial charge in [-0.1, -0.05) is 34.1 Å². The van der Waals surface area contributed by atoms with Crippen molar-refractivity contribution < 1.29 is 17.9 Å². The average Bonchev–Trinajstić information content (AvgIpc) is 2.61. The lowest BCUT2D eigenvalue weighted by Gasteiger charge is -2.14. The lowest BCUT2D eigenvalue weighted by molar-refractivity contribution is 0.0599. The fraction of sp³-hybridized carbons (Fsp3) is 0.111. The lowest BCUT2D eigenvalue weighted by Crippen LogP contribution is -2.18. The molecule has 2 N–H and O–H groups in total. The molecule has 0 radical (unpaired) electrons. The van der Waals surface area contributed by atoms with Crippen LogP contribution in [0.1, 0.15) is 21.5 Å². The van der Waals surface area contributed by atoms with Gasteiger partial charge in [0.15, 0.2) is 0 Å². The number of nitrogens with two attached hydrogens (primary N) is 1. The highest BCUT2D eigenvalue weighted by molar-refractivity contribution is 9.10. The number of hydrogen-bond acceptors (Lipinski definition) is 5. The van der Waals surface area contributed by atoms with Gasteiger partial charge in [0.2, 0.25) is 10.0 Å². The molecule has 0 amide bonds. The van der Waals surface area contributed by atoms with Gasteiger partial charge in [-0.3, -0.25) is 4.98 Å². The maximum absolute atomic E-state index is 12.2. The highest BCUT2D eigenvalue weighted by Gasteiger charge is 2.23. The van der Waals surface area contributed by atoms with Gasteiger partial charge in [0.1, 0.15) is 0 Å². The first kappa shape index (κ1) is 18.5. The zero-order valence-electron chi connectivity index (χ0n) is 13.8. The Kier molecular flexibility index (Phi) is 5.08. The van der Waals surface area contributed by atoms with Crippen molar-refractivity contribution in [2.45, 2.75) is 11.3 Å². The van der Waals surface area contributed by atoms with Crippen LogP contribution in [-0.2, 0) is 21.2 Å². The van der Waals surface area contributed by atoms with Crippen molar-refractivity contribution in [1.29, 1.82) is 0 Å². The van der Waals surface area contributed by atoms with E-state index in [1.807, 2.05) is 24.3 Å². The number of rotatable bonds is 4. The molecule has 134 valence electrons. The van der Waals surface area contributed by atoms with E-state index in [9.17, 15) is 13.2 Å². The summed E-state index contributed by atoms with van der Waals surface area (Å²) in [5, 5.41) is 6.26. The standard InChI is InChI=1S/C18H15BrN2O4S/c1-25-18(22)15-9-12(19)10-17(26(20,23)24)14(15)8-11-6-7-21-16-5-3-2-4-13(11)16/h2-7,9-10H,8H2,1H3,(H2,20,23,24). The summed E-state index contributed by atoms with van der Waals surface area (Å²) < 4.78 is 29.5. The lowest BCUT2D eigenvalue weighted by atomic mass is 9.97. The Balaban J connectivity index is 2.27. The van der Waals surface area contributed by atoms with Crippen molar-refractivity contribution in [3.63, 3.8) is 0 Å². The molecular weight excluding hydrogens is 420 g/mol. The number of para-hydroxylation sites is 1. The number of methoxy groups -OCH3 is 1.